The minimum absolute atomic E-state index is 0.0306. The van der Waals surface area contributed by atoms with Gasteiger partial charge in [-0.15, -0.1) is 0 Å². The van der Waals surface area contributed by atoms with E-state index in [0.29, 0.717) is 15.8 Å². The van der Waals surface area contributed by atoms with E-state index >= 15 is 0 Å². The summed E-state index contributed by atoms with van der Waals surface area (Å²) < 4.78 is 0. The van der Waals surface area contributed by atoms with Crippen molar-refractivity contribution in [2.24, 2.45) is 5.73 Å². The van der Waals surface area contributed by atoms with Crippen molar-refractivity contribution in [3.63, 3.8) is 0 Å². The molecule has 1 aliphatic heterocycles. The van der Waals surface area contributed by atoms with Crippen molar-refractivity contribution in [2.75, 3.05) is 12.3 Å². The molecule has 1 aromatic rings. The maximum absolute atomic E-state index is 11.9. The molecule has 18 heavy (non-hydrogen) atoms. The number of thioether (sulfide) groups is 1. The molecule has 1 heterocycles. The molecule has 0 aliphatic carbocycles. The minimum Gasteiger partial charge on any atom is -0.389 e. The largest absolute Gasteiger partial charge is 0.389 e. The van der Waals surface area contributed by atoms with Crippen molar-refractivity contribution in [1.29, 1.82) is 0 Å². The Morgan fingerprint density at radius 1 is 1.39 bits per heavy atom. The fourth-order valence-corrected chi connectivity index (χ4v) is 3.24. The normalized spacial score (nSPS) is 18.6. The van der Waals surface area contributed by atoms with E-state index in [0.717, 1.165) is 12.1 Å². The minimum atomic E-state index is -0.0306. The lowest BCUT2D eigenvalue weighted by molar-refractivity contribution is 0.0953. The lowest BCUT2D eigenvalue weighted by atomic mass is 10.1. The Bertz CT molecular complexity index is 439. The predicted octanol–water partition coefficient (Wildman–Crippen LogP) is 1.95. The van der Waals surface area contributed by atoms with E-state index in [4.69, 9.17) is 18.0 Å². The van der Waals surface area contributed by atoms with Crippen molar-refractivity contribution < 1.29 is 4.79 Å². The maximum Gasteiger partial charge on any atom is 0.251 e. The third kappa shape index (κ3) is 3.46. The summed E-state index contributed by atoms with van der Waals surface area (Å²) in [6.07, 6.45) is 2.46. The lowest BCUT2D eigenvalue weighted by Gasteiger charge is -2.10. The number of thiocarbonyl (C=S) groups is 1. The van der Waals surface area contributed by atoms with E-state index in [-0.39, 0.29) is 5.91 Å². The van der Waals surface area contributed by atoms with Crippen LogP contribution in [0.25, 0.3) is 0 Å². The molecule has 96 valence electrons. The van der Waals surface area contributed by atoms with E-state index < -0.39 is 0 Å². The van der Waals surface area contributed by atoms with Gasteiger partial charge in [-0.25, -0.2) is 0 Å². The first-order valence-electron chi connectivity index (χ1n) is 5.96. The summed E-state index contributed by atoms with van der Waals surface area (Å²) in [5.74, 6) is 1.18. The third-order valence-electron chi connectivity index (χ3n) is 2.95. The van der Waals surface area contributed by atoms with Crippen LogP contribution < -0.4 is 11.1 Å². The number of rotatable bonds is 4. The Morgan fingerprint density at radius 3 is 2.61 bits per heavy atom. The number of amides is 1. The molecule has 0 saturated carbocycles. The van der Waals surface area contributed by atoms with Gasteiger partial charge < -0.3 is 11.1 Å². The van der Waals surface area contributed by atoms with Crippen LogP contribution in [-0.2, 0) is 0 Å². The van der Waals surface area contributed by atoms with Crippen LogP contribution >= 0.6 is 24.0 Å². The van der Waals surface area contributed by atoms with E-state index in [9.17, 15) is 4.79 Å². The molecule has 0 bridgehead atoms. The average Bonchev–Trinajstić information content (AvgIpc) is 2.89. The zero-order chi connectivity index (χ0) is 13.0. The molecule has 1 aliphatic rings. The zero-order valence-corrected chi connectivity index (χ0v) is 11.7. The molecule has 1 aromatic carbocycles. The van der Waals surface area contributed by atoms with Crippen molar-refractivity contribution in [3.05, 3.63) is 35.4 Å². The van der Waals surface area contributed by atoms with Crippen molar-refractivity contribution in [3.8, 4) is 0 Å². The Hall–Kier alpha value is -1.07. The number of carbonyl (C=O) groups excluding carboxylic acids is 1. The van der Waals surface area contributed by atoms with Crippen LogP contribution in [0.1, 0.15) is 28.8 Å². The Kier molecular flexibility index (Phi) is 4.60. The van der Waals surface area contributed by atoms with Gasteiger partial charge in [0.1, 0.15) is 4.99 Å². The van der Waals surface area contributed by atoms with Crippen LogP contribution in [0.15, 0.2) is 24.3 Å². The Balaban J connectivity index is 1.89. The quantitative estimate of drug-likeness (QED) is 0.828. The van der Waals surface area contributed by atoms with E-state index in [1.54, 1.807) is 24.3 Å². The van der Waals surface area contributed by atoms with Gasteiger partial charge in [0.05, 0.1) is 0 Å². The summed E-state index contributed by atoms with van der Waals surface area (Å²) in [7, 11) is 0. The van der Waals surface area contributed by atoms with Gasteiger partial charge in [0.2, 0.25) is 0 Å². The molecular formula is C13H16N2OS2. The fraction of sp³-hybridized carbons (Fsp3) is 0.385. The van der Waals surface area contributed by atoms with Crippen LogP contribution in [0.5, 0.6) is 0 Å². The van der Waals surface area contributed by atoms with Crippen molar-refractivity contribution >= 4 is 34.9 Å². The van der Waals surface area contributed by atoms with Crippen LogP contribution in [-0.4, -0.2) is 28.4 Å². The highest BCUT2D eigenvalue weighted by atomic mass is 32.2. The first-order valence-corrected chi connectivity index (χ1v) is 7.42. The third-order valence-corrected chi connectivity index (χ3v) is 4.58. The molecule has 5 heteroatoms. The molecule has 1 saturated heterocycles. The zero-order valence-electron chi connectivity index (χ0n) is 10.0. The number of benzene rings is 1. The fourth-order valence-electron chi connectivity index (χ4n) is 1.90. The standard InChI is InChI=1S/C13H16N2OS2/c14-12(17)9-3-5-10(6-4-9)13(16)15-8-11-2-1-7-18-11/h3-6,11H,1-2,7-8H2,(H2,14,17)(H,15,16). The van der Waals surface area contributed by atoms with E-state index in [1.165, 1.54) is 18.6 Å². The van der Waals surface area contributed by atoms with Gasteiger partial charge in [-0.2, -0.15) is 11.8 Å². The summed E-state index contributed by atoms with van der Waals surface area (Å²) in [6.45, 7) is 0.751. The molecule has 1 amide bonds. The molecule has 0 aromatic heterocycles. The van der Waals surface area contributed by atoms with Gasteiger partial charge >= 0.3 is 0 Å². The predicted molar refractivity (Wildman–Crippen MR) is 80.1 cm³/mol. The van der Waals surface area contributed by atoms with Crippen molar-refractivity contribution in [1.82, 2.24) is 5.32 Å². The second-order valence-electron chi connectivity index (χ2n) is 4.29. The molecule has 0 spiro atoms. The lowest BCUT2D eigenvalue weighted by Crippen LogP contribution is -2.29. The molecule has 1 unspecified atom stereocenters. The number of carbonyl (C=O) groups is 1. The molecule has 2 rings (SSSR count). The molecule has 3 nitrogen and oxygen atoms in total. The monoisotopic (exact) mass is 280 g/mol. The first kappa shape index (κ1) is 13.4. The second-order valence-corrected chi connectivity index (χ2v) is 6.13. The van der Waals surface area contributed by atoms with Gasteiger partial charge in [0, 0.05) is 22.9 Å². The summed E-state index contributed by atoms with van der Waals surface area (Å²) in [4.78, 5) is 12.2. The second kappa shape index (κ2) is 6.20. The average molecular weight is 280 g/mol. The summed E-state index contributed by atoms with van der Waals surface area (Å²) >= 11 is 6.81. The molecule has 1 atom stereocenters. The number of nitrogens with two attached hydrogens (primary N) is 1. The summed E-state index contributed by atoms with van der Waals surface area (Å²) in [6, 6.07) is 7.07. The maximum atomic E-state index is 11.9. The van der Waals surface area contributed by atoms with Gasteiger partial charge in [-0.1, -0.05) is 24.4 Å². The van der Waals surface area contributed by atoms with Crippen LogP contribution in [0, 0.1) is 0 Å². The molecule has 3 N–H and O–H groups in total. The SMILES string of the molecule is NC(=S)c1ccc(C(=O)NCC2CCCS2)cc1. The molecule has 1 fully saturated rings. The van der Waals surface area contributed by atoms with Gasteiger partial charge in [0.15, 0.2) is 0 Å². The Morgan fingerprint density at radius 2 is 2.06 bits per heavy atom. The highest BCUT2D eigenvalue weighted by Crippen LogP contribution is 2.25. The number of nitrogens with one attached hydrogen (secondary N) is 1. The highest BCUT2D eigenvalue weighted by Gasteiger charge is 2.16. The summed E-state index contributed by atoms with van der Waals surface area (Å²) in [5, 5.41) is 3.54. The van der Waals surface area contributed by atoms with Crippen LogP contribution in [0.4, 0.5) is 0 Å². The number of hydrogen-bond acceptors (Lipinski definition) is 3. The van der Waals surface area contributed by atoms with Gasteiger partial charge in [0.25, 0.3) is 5.91 Å². The smallest absolute Gasteiger partial charge is 0.251 e. The highest BCUT2D eigenvalue weighted by molar-refractivity contribution is 8.00. The van der Waals surface area contributed by atoms with E-state index in [2.05, 4.69) is 5.32 Å². The molecule has 0 radical (unpaired) electrons. The van der Waals surface area contributed by atoms with Crippen LogP contribution in [0.2, 0.25) is 0 Å². The Labute approximate surface area is 117 Å². The summed E-state index contributed by atoms with van der Waals surface area (Å²) in [5.41, 5.74) is 6.95. The first-order chi connectivity index (χ1) is 8.66. The number of hydrogen-bond donors (Lipinski definition) is 2. The van der Waals surface area contributed by atoms with E-state index in [1.807, 2.05) is 11.8 Å². The van der Waals surface area contributed by atoms with Gasteiger partial charge in [-0.3, -0.25) is 4.79 Å². The van der Waals surface area contributed by atoms with Crippen LogP contribution in [0.3, 0.4) is 0 Å². The molecular weight excluding hydrogens is 264 g/mol. The van der Waals surface area contributed by atoms with Gasteiger partial charge in [-0.05, 0) is 30.7 Å². The topological polar surface area (TPSA) is 55.1 Å². The van der Waals surface area contributed by atoms with Crippen molar-refractivity contribution in [2.45, 2.75) is 18.1 Å².